The van der Waals surface area contributed by atoms with E-state index in [0.717, 1.165) is 0 Å². The van der Waals surface area contributed by atoms with Crippen molar-refractivity contribution >= 4 is 10.1 Å². The molecule has 0 amide bonds. The van der Waals surface area contributed by atoms with Crippen molar-refractivity contribution in [3.8, 4) is 0 Å². The fraction of sp³-hybridized carbons (Fsp3) is 1.00. The van der Waals surface area contributed by atoms with Gasteiger partial charge in [-0.25, -0.2) is 8.42 Å². The summed E-state index contributed by atoms with van der Waals surface area (Å²) in [7, 11) is -3.92. The van der Waals surface area contributed by atoms with Crippen molar-refractivity contribution in [1.29, 1.82) is 0 Å². The van der Waals surface area contributed by atoms with Gasteiger partial charge in [0.25, 0.3) is 0 Å². The van der Waals surface area contributed by atoms with E-state index in [1.54, 1.807) is 0 Å². The maximum Gasteiger partial charge on any atom is 1.00 e. The zero-order valence-corrected chi connectivity index (χ0v) is 7.67. The molecule has 0 heterocycles. The molecular weight excluding hydrogens is 172 g/mol. The molecule has 0 aromatic heterocycles. The maximum atomic E-state index is 9.08. The molecule has 9 heavy (non-hydrogen) atoms. The second-order valence-corrected chi connectivity index (χ2v) is 2.11. The van der Waals surface area contributed by atoms with Crippen LogP contribution in [0.2, 0.25) is 0 Å². The van der Waals surface area contributed by atoms with Crippen LogP contribution in [0.5, 0.6) is 0 Å². The molecule has 0 radical (unpaired) electrons. The molecule has 0 N–H and O–H groups in total. The van der Waals surface area contributed by atoms with Crippen LogP contribution in [0.4, 0.5) is 14.1 Å². The standard InChI is InChI=1S/CH4O3S.3FH.Na/c1-5(2,3)4;;;;/h1H3,(H,2,3,4);3*1H;/q;;;;+1/p-1. The predicted molar refractivity (Wildman–Crippen MR) is 23.1 cm³/mol. The van der Waals surface area contributed by atoms with Crippen molar-refractivity contribution in [2.75, 3.05) is 6.26 Å². The second kappa shape index (κ2) is 11.5. The van der Waals surface area contributed by atoms with Crippen LogP contribution in [0.3, 0.4) is 0 Å². The third kappa shape index (κ3) is 797. The summed E-state index contributed by atoms with van der Waals surface area (Å²) in [5.41, 5.74) is 0. The molecule has 56 valence electrons. The Kier molecular flexibility index (Phi) is 42.4. The van der Waals surface area contributed by atoms with Crippen LogP contribution >= 0.6 is 0 Å². The summed E-state index contributed by atoms with van der Waals surface area (Å²) in [6.45, 7) is 0. The second-order valence-electron chi connectivity index (χ2n) is 0.704. The molecule has 0 atom stereocenters. The van der Waals surface area contributed by atoms with E-state index in [2.05, 4.69) is 0 Å². The molecule has 0 saturated carbocycles. The molecule has 0 bridgehead atoms. The first-order chi connectivity index (χ1) is 2.00. The van der Waals surface area contributed by atoms with E-state index in [0.29, 0.717) is 6.26 Å². The molecule has 0 aliphatic carbocycles. The van der Waals surface area contributed by atoms with E-state index in [4.69, 9.17) is 13.0 Å². The predicted octanol–water partition coefficient (Wildman–Crippen LogP) is -3.38. The zero-order valence-electron chi connectivity index (χ0n) is 4.86. The zero-order chi connectivity index (χ0) is 4.50. The molecule has 0 unspecified atom stereocenters. The summed E-state index contributed by atoms with van der Waals surface area (Å²) in [5.74, 6) is 0. The molecule has 0 aliphatic heterocycles. The molecule has 0 fully saturated rings. The van der Waals surface area contributed by atoms with E-state index in [9.17, 15) is 0 Å². The monoisotopic (exact) mass is 178 g/mol. The Balaban J connectivity index is -0.0000000133. The minimum Gasteiger partial charge on any atom is -0.748 e. The average molecular weight is 178 g/mol. The van der Waals surface area contributed by atoms with Crippen LogP contribution in [-0.4, -0.2) is 19.2 Å². The Morgan fingerprint density at radius 2 is 1.11 bits per heavy atom. The molecule has 0 spiro atoms. The van der Waals surface area contributed by atoms with E-state index >= 15 is 0 Å². The summed E-state index contributed by atoms with van der Waals surface area (Å²) in [5, 5.41) is 0. The van der Waals surface area contributed by atoms with Crippen LogP contribution in [0.1, 0.15) is 0 Å². The van der Waals surface area contributed by atoms with Gasteiger partial charge in [0.1, 0.15) is 0 Å². The minimum absolute atomic E-state index is 0. The van der Waals surface area contributed by atoms with Crippen molar-refractivity contribution in [2.45, 2.75) is 0 Å². The van der Waals surface area contributed by atoms with Crippen LogP contribution in [0.25, 0.3) is 0 Å². The van der Waals surface area contributed by atoms with Crippen molar-refractivity contribution in [3.05, 3.63) is 0 Å². The van der Waals surface area contributed by atoms with Crippen LogP contribution in [-0.2, 0) is 10.1 Å². The maximum absolute atomic E-state index is 9.08. The fourth-order valence-electron chi connectivity index (χ4n) is 0. The molecule has 0 aromatic carbocycles. The third-order valence-corrected chi connectivity index (χ3v) is 0. The largest absolute Gasteiger partial charge is 1.00 e. The average Bonchev–Trinajstić information content (AvgIpc) is 0.722. The minimum atomic E-state index is -3.92. The molecule has 0 aliphatic rings. The van der Waals surface area contributed by atoms with E-state index in [1.165, 1.54) is 0 Å². The Bertz CT molecular complexity index is 102. The van der Waals surface area contributed by atoms with Gasteiger partial charge in [-0.3, -0.25) is 14.1 Å². The topological polar surface area (TPSA) is 57.2 Å². The number of hydrogen-bond acceptors (Lipinski definition) is 3. The van der Waals surface area contributed by atoms with Crippen molar-refractivity contribution < 1.29 is 56.6 Å². The third-order valence-electron chi connectivity index (χ3n) is 0. The van der Waals surface area contributed by atoms with Gasteiger partial charge in [0, 0.05) is 6.26 Å². The van der Waals surface area contributed by atoms with Gasteiger partial charge in [0.15, 0.2) is 0 Å². The van der Waals surface area contributed by atoms with Gasteiger partial charge in [-0.15, -0.1) is 0 Å². The van der Waals surface area contributed by atoms with E-state index < -0.39 is 10.1 Å². The fourth-order valence-corrected chi connectivity index (χ4v) is 0. The van der Waals surface area contributed by atoms with Gasteiger partial charge in [-0.1, -0.05) is 0 Å². The first kappa shape index (κ1) is 33.2. The van der Waals surface area contributed by atoms with Gasteiger partial charge >= 0.3 is 29.6 Å². The van der Waals surface area contributed by atoms with Crippen molar-refractivity contribution in [1.82, 2.24) is 0 Å². The first-order valence-electron chi connectivity index (χ1n) is 0.908. The molecule has 3 nitrogen and oxygen atoms in total. The van der Waals surface area contributed by atoms with Crippen LogP contribution < -0.4 is 29.6 Å². The Morgan fingerprint density at radius 1 is 1.11 bits per heavy atom. The summed E-state index contributed by atoms with van der Waals surface area (Å²) in [4.78, 5) is 0. The van der Waals surface area contributed by atoms with E-state index in [1.807, 2.05) is 0 Å². The van der Waals surface area contributed by atoms with Gasteiger partial charge < -0.3 is 4.55 Å². The SMILES string of the molecule is CS(=O)(=O)[O-].F.F.F.[Na+]. The van der Waals surface area contributed by atoms with Crippen LogP contribution in [0, 0.1) is 0 Å². The summed E-state index contributed by atoms with van der Waals surface area (Å²) >= 11 is 0. The van der Waals surface area contributed by atoms with Crippen molar-refractivity contribution in [2.24, 2.45) is 0 Å². The van der Waals surface area contributed by atoms with E-state index in [-0.39, 0.29) is 43.7 Å². The molecular formula is CH6F3NaO3S. The molecule has 0 saturated heterocycles. The van der Waals surface area contributed by atoms with Gasteiger partial charge in [-0.2, -0.15) is 0 Å². The van der Waals surface area contributed by atoms with Crippen molar-refractivity contribution in [3.63, 3.8) is 0 Å². The Hall–Kier alpha value is 0.700. The molecule has 0 aromatic rings. The summed E-state index contributed by atoms with van der Waals surface area (Å²) in [6, 6.07) is 0. The smallest absolute Gasteiger partial charge is 0.748 e. The summed E-state index contributed by atoms with van der Waals surface area (Å²) < 4.78 is 27.2. The number of rotatable bonds is 0. The Morgan fingerprint density at radius 3 is 1.11 bits per heavy atom. The first-order valence-corrected chi connectivity index (χ1v) is 2.72. The Labute approximate surface area is 73.0 Å². The van der Waals surface area contributed by atoms with Gasteiger partial charge in [-0.05, 0) is 0 Å². The molecule has 8 heteroatoms. The van der Waals surface area contributed by atoms with Gasteiger partial charge in [0.05, 0.1) is 10.1 Å². The normalized spacial score (nSPS) is 6.44. The molecule has 0 rings (SSSR count). The number of halogens is 3. The van der Waals surface area contributed by atoms with Gasteiger partial charge in [0.2, 0.25) is 0 Å². The summed E-state index contributed by atoms with van der Waals surface area (Å²) in [6.07, 6.45) is 0.604. The quantitative estimate of drug-likeness (QED) is 0.287. The van der Waals surface area contributed by atoms with Crippen LogP contribution in [0.15, 0.2) is 0 Å². The number of hydrogen-bond donors (Lipinski definition) is 0.